The number of fused-ring (bicyclic) bond motifs is 1. The van der Waals surface area contributed by atoms with Crippen molar-refractivity contribution in [3.63, 3.8) is 0 Å². The van der Waals surface area contributed by atoms with Gasteiger partial charge in [0.2, 0.25) is 0 Å². The maximum atomic E-state index is 14.9. The Morgan fingerprint density at radius 2 is 2.03 bits per heavy atom. The monoisotopic (exact) mass is 458 g/mol. The molecule has 0 aliphatic carbocycles. The second-order valence-corrected chi connectivity index (χ2v) is 8.68. The molecule has 1 aromatic heterocycles. The van der Waals surface area contributed by atoms with Crippen LogP contribution in [0.5, 0.6) is 0 Å². The van der Waals surface area contributed by atoms with Crippen LogP contribution in [0.4, 0.5) is 19.3 Å². The van der Waals surface area contributed by atoms with Crippen molar-refractivity contribution in [1.82, 2.24) is 15.1 Å². The van der Waals surface area contributed by atoms with Crippen molar-refractivity contribution in [2.75, 3.05) is 25.1 Å². The van der Waals surface area contributed by atoms with E-state index >= 15 is 0 Å². The fraction of sp³-hybridized carbons (Fsp3) is 0.348. The van der Waals surface area contributed by atoms with E-state index in [1.165, 1.54) is 35.2 Å². The van der Waals surface area contributed by atoms with Gasteiger partial charge >= 0.3 is 6.09 Å². The van der Waals surface area contributed by atoms with Crippen LogP contribution in [0.1, 0.15) is 42.9 Å². The summed E-state index contributed by atoms with van der Waals surface area (Å²) in [6, 6.07) is 7.49. The molecule has 0 spiro atoms. The van der Waals surface area contributed by atoms with E-state index in [2.05, 4.69) is 15.5 Å². The van der Waals surface area contributed by atoms with Gasteiger partial charge < -0.3 is 14.8 Å². The highest BCUT2D eigenvalue weighted by molar-refractivity contribution is 6.11. The van der Waals surface area contributed by atoms with Gasteiger partial charge in [0, 0.05) is 17.5 Å². The van der Waals surface area contributed by atoms with Crippen molar-refractivity contribution in [2.45, 2.75) is 32.4 Å². The summed E-state index contributed by atoms with van der Waals surface area (Å²) in [6.07, 6.45) is -0.558. The summed E-state index contributed by atoms with van der Waals surface area (Å²) in [5.41, 5.74) is -0.113. The highest BCUT2D eigenvalue weighted by Gasteiger charge is 2.34. The lowest BCUT2D eigenvalue weighted by molar-refractivity contribution is -0.0329. The van der Waals surface area contributed by atoms with Gasteiger partial charge in [-0.25, -0.2) is 13.6 Å². The van der Waals surface area contributed by atoms with Gasteiger partial charge in [-0.1, -0.05) is 12.1 Å². The summed E-state index contributed by atoms with van der Waals surface area (Å²) in [4.78, 5) is 27.2. The van der Waals surface area contributed by atoms with Crippen LogP contribution < -0.4 is 5.32 Å². The Morgan fingerprint density at radius 3 is 2.79 bits per heavy atom. The van der Waals surface area contributed by atoms with Gasteiger partial charge in [0.15, 0.2) is 5.69 Å². The molecule has 10 heteroatoms. The summed E-state index contributed by atoms with van der Waals surface area (Å²) in [5.74, 6) is -1.84. The lowest BCUT2D eigenvalue weighted by Crippen LogP contribution is -2.46. The second-order valence-electron chi connectivity index (χ2n) is 8.68. The van der Waals surface area contributed by atoms with Crippen molar-refractivity contribution in [3.05, 3.63) is 59.3 Å². The molecule has 33 heavy (non-hydrogen) atoms. The van der Waals surface area contributed by atoms with Crippen LogP contribution in [0.3, 0.4) is 0 Å². The number of nitrogens with zero attached hydrogens (tertiary/aromatic N) is 2. The Hall–Kier alpha value is -3.53. The molecule has 2 aromatic carbocycles. The minimum Gasteiger partial charge on any atom is -0.444 e. The third-order valence-electron chi connectivity index (χ3n) is 5.14. The zero-order chi connectivity index (χ0) is 23.8. The Bertz CT molecular complexity index is 1200. The number of hydrogen-bond acceptors (Lipinski definition) is 5. The largest absolute Gasteiger partial charge is 0.444 e. The number of para-hydroxylation sites is 1. The maximum absolute atomic E-state index is 14.9. The third-order valence-corrected chi connectivity index (χ3v) is 5.14. The first-order chi connectivity index (χ1) is 15.6. The highest BCUT2D eigenvalue weighted by Crippen LogP contribution is 2.33. The molecule has 0 radical (unpaired) electrons. The summed E-state index contributed by atoms with van der Waals surface area (Å²) in [7, 11) is 0. The first kappa shape index (κ1) is 22.7. The van der Waals surface area contributed by atoms with Crippen LogP contribution >= 0.6 is 0 Å². The molecule has 0 saturated carbocycles. The second kappa shape index (κ2) is 8.78. The fourth-order valence-corrected chi connectivity index (χ4v) is 3.69. The number of hydrogen-bond donors (Lipinski definition) is 2. The predicted molar refractivity (Wildman–Crippen MR) is 117 cm³/mol. The summed E-state index contributed by atoms with van der Waals surface area (Å²) in [6.45, 7) is 5.94. The normalized spacial score (nSPS) is 16.6. The Balaban J connectivity index is 1.66. The third kappa shape index (κ3) is 4.80. The smallest absolute Gasteiger partial charge is 0.410 e. The van der Waals surface area contributed by atoms with Crippen molar-refractivity contribution in [3.8, 4) is 0 Å². The van der Waals surface area contributed by atoms with E-state index in [0.29, 0.717) is 23.1 Å². The van der Waals surface area contributed by atoms with E-state index < -0.39 is 35.3 Å². The fourth-order valence-electron chi connectivity index (χ4n) is 3.69. The van der Waals surface area contributed by atoms with Crippen LogP contribution in [-0.2, 0) is 9.47 Å². The van der Waals surface area contributed by atoms with Crippen LogP contribution in [0.2, 0.25) is 0 Å². The van der Waals surface area contributed by atoms with E-state index in [9.17, 15) is 18.4 Å². The van der Waals surface area contributed by atoms with E-state index in [0.717, 1.165) is 0 Å². The standard InChI is InChI=1S/C23H24F2N4O4/c1-23(2,3)33-22(31)29-9-10-32-12-18(29)15-5-4-6-16(25)19(15)26-21(30)20-14-8-7-13(24)11-17(14)27-28-20/h4-8,11,18H,9-10,12H2,1-3H3,(H,26,30)(H,27,28)/t18-/m0/s1. The number of aromatic amines is 1. The maximum Gasteiger partial charge on any atom is 0.410 e. The molecule has 1 fully saturated rings. The first-order valence-electron chi connectivity index (χ1n) is 10.4. The number of aromatic nitrogens is 2. The van der Waals surface area contributed by atoms with Gasteiger partial charge in [-0.05, 0) is 45.0 Å². The molecule has 0 unspecified atom stereocenters. The molecular formula is C23H24F2N4O4. The zero-order valence-corrected chi connectivity index (χ0v) is 18.4. The van der Waals surface area contributed by atoms with Crippen molar-refractivity contribution in [2.24, 2.45) is 0 Å². The number of morpholine rings is 1. The van der Waals surface area contributed by atoms with Gasteiger partial charge in [0.25, 0.3) is 5.91 Å². The lowest BCUT2D eigenvalue weighted by atomic mass is 10.0. The van der Waals surface area contributed by atoms with Crippen LogP contribution in [-0.4, -0.2) is 52.5 Å². The van der Waals surface area contributed by atoms with Crippen molar-refractivity contribution >= 4 is 28.6 Å². The van der Waals surface area contributed by atoms with Gasteiger partial charge in [-0.2, -0.15) is 5.10 Å². The number of carbonyl (C=O) groups is 2. The molecule has 1 atom stereocenters. The lowest BCUT2D eigenvalue weighted by Gasteiger charge is -2.37. The van der Waals surface area contributed by atoms with Gasteiger partial charge in [0.05, 0.1) is 30.5 Å². The number of H-pyrrole nitrogens is 1. The molecule has 8 nitrogen and oxygen atoms in total. The number of ether oxygens (including phenoxy) is 2. The number of halogens is 2. The number of amides is 2. The predicted octanol–water partition coefficient (Wildman–Crippen LogP) is 4.40. The number of nitrogens with one attached hydrogen (secondary N) is 2. The van der Waals surface area contributed by atoms with Crippen molar-refractivity contribution in [1.29, 1.82) is 0 Å². The van der Waals surface area contributed by atoms with Crippen LogP contribution in [0.25, 0.3) is 10.9 Å². The Labute approximate surface area is 188 Å². The van der Waals surface area contributed by atoms with E-state index in [4.69, 9.17) is 9.47 Å². The Morgan fingerprint density at radius 1 is 1.24 bits per heavy atom. The van der Waals surface area contributed by atoms with Gasteiger partial charge in [0.1, 0.15) is 17.2 Å². The van der Waals surface area contributed by atoms with Gasteiger partial charge in [-0.15, -0.1) is 0 Å². The minimum atomic E-state index is -0.709. The topological polar surface area (TPSA) is 96.6 Å². The molecule has 3 aromatic rings. The van der Waals surface area contributed by atoms with E-state index in [1.54, 1.807) is 26.8 Å². The highest BCUT2D eigenvalue weighted by atomic mass is 19.1. The average molecular weight is 458 g/mol. The van der Waals surface area contributed by atoms with Crippen molar-refractivity contribution < 1.29 is 27.8 Å². The Kier molecular flexibility index (Phi) is 6.03. The number of anilines is 1. The van der Waals surface area contributed by atoms with E-state index in [1.807, 2.05) is 0 Å². The molecular weight excluding hydrogens is 434 g/mol. The first-order valence-corrected chi connectivity index (χ1v) is 10.4. The molecule has 1 aliphatic heterocycles. The van der Waals surface area contributed by atoms with Gasteiger partial charge in [-0.3, -0.25) is 14.8 Å². The molecule has 1 aliphatic rings. The summed E-state index contributed by atoms with van der Waals surface area (Å²) >= 11 is 0. The number of rotatable bonds is 3. The molecule has 4 rings (SSSR count). The average Bonchev–Trinajstić information content (AvgIpc) is 3.17. The zero-order valence-electron chi connectivity index (χ0n) is 18.4. The molecule has 0 bridgehead atoms. The summed E-state index contributed by atoms with van der Waals surface area (Å²) < 4.78 is 39.4. The van der Waals surface area contributed by atoms with Crippen LogP contribution in [0.15, 0.2) is 36.4 Å². The number of carbonyl (C=O) groups excluding carboxylic acids is 2. The number of benzene rings is 2. The minimum absolute atomic E-state index is 0.0110. The quantitative estimate of drug-likeness (QED) is 0.606. The van der Waals surface area contributed by atoms with E-state index in [-0.39, 0.29) is 24.5 Å². The summed E-state index contributed by atoms with van der Waals surface area (Å²) in [5, 5.41) is 9.51. The van der Waals surface area contributed by atoms with Crippen LogP contribution in [0, 0.1) is 11.6 Å². The molecule has 2 heterocycles. The SMILES string of the molecule is CC(C)(C)OC(=O)N1CCOC[C@H]1c1cccc(F)c1NC(=O)c1n[nH]c2cc(F)ccc12. The molecule has 2 amide bonds. The molecule has 1 saturated heterocycles. The molecule has 174 valence electrons. The molecule has 2 N–H and O–H groups in total.